The highest BCUT2D eigenvalue weighted by molar-refractivity contribution is 6.29. The number of nitrogens with zero attached hydrogens (tertiary/aromatic N) is 2. The van der Waals surface area contributed by atoms with Crippen LogP contribution < -0.4 is 0 Å². The van der Waals surface area contributed by atoms with Crippen molar-refractivity contribution in [2.45, 2.75) is 65.6 Å². The van der Waals surface area contributed by atoms with Gasteiger partial charge in [0.2, 0.25) is 0 Å². The number of hydrogen-bond donors (Lipinski definition) is 1. The van der Waals surface area contributed by atoms with Crippen molar-refractivity contribution >= 4 is 23.4 Å². The van der Waals surface area contributed by atoms with Crippen molar-refractivity contribution < 1.29 is 14.6 Å². The number of halogens is 1. The van der Waals surface area contributed by atoms with Gasteiger partial charge in [0.05, 0.1) is 5.70 Å². The smallest absolute Gasteiger partial charge is 0.410 e. The van der Waals surface area contributed by atoms with Gasteiger partial charge in [-0.3, -0.25) is 4.99 Å². The quantitative estimate of drug-likeness (QED) is 0.785. The molecule has 1 N–H and O–H groups in total. The van der Waals surface area contributed by atoms with E-state index in [9.17, 15) is 9.90 Å². The molecule has 1 heterocycles. The summed E-state index contributed by atoms with van der Waals surface area (Å²) in [6, 6.07) is 0. The Balaban J connectivity index is 2.81. The topological polar surface area (TPSA) is 62.1 Å². The van der Waals surface area contributed by atoms with Crippen LogP contribution in [0.15, 0.2) is 15.7 Å². The van der Waals surface area contributed by atoms with Crippen LogP contribution >= 0.6 is 11.6 Å². The summed E-state index contributed by atoms with van der Waals surface area (Å²) < 4.78 is 5.36. The molecule has 1 aliphatic rings. The van der Waals surface area contributed by atoms with Crippen LogP contribution in [0.25, 0.3) is 0 Å². The summed E-state index contributed by atoms with van der Waals surface area (Å²) in [7, 11) is 0. The molecule has 0 bridgehead atoms. The molecule has 126 valence electrons. The first-order valence-electron chi connectivity index (χ1n) is 7.54. The van der Waals surface area contributed by atoms with E-state index in [1.165, 1.54) is 0 Å². The summed E-state index contributed by atoms with van der Waals surface area (Å²) in [6.07, 6.45) is 0.433. The van der Waals surface area contributed by atoms with E-state index in [1.807, 2.05) is 34.6 Å². The van der Waals surface area contributed by atoms with Crippen molar-refractivity contribution in [1.29, 1.82) is 0 Å². The molecule has 0 atom stereocenters. The minimum atomic E-state index is -1.10. The van der Waals surface area contributed by atoms with Crippen LogP contribution in [0, 0.1) is 0 Å². The van der Waals surface area contributed by atoms with Crippen LogP contribution in [0.3, 0.4) is 0 Å². The Labute approximate surface area is 138 Å². The van der Waals surface area contributed by atoms with Crippen molar-refractivity contribution in [1.82, 2.24) is 4.90 Å². The van der Waals surface area contributed by atoms with Crippen molar-refractivity contribution in [3.63, 3.8) is 0 Å². The minimum Gasteiger partial charge on any atom is -0.444 e. The Morgan fingerprint density at radius 1 is 1.23 bits per heavy atom. The molecule has 0 aromatic rings. The maximum Gasteiger partial charge on any atom is 0.410 e. The lowest BCUT2D eigenvalue weighted by Crippen LogP contribution is -2.48. The predicted octanol–water partition coefficient (Wildman–Crippen LogP) is 3.70. The molecule has 1 rings (SSSR count). The zero-order valence-electron chi connectivity index (χ0n) is 14.4. The first kappa shape index (κ1) is 19.0. The van der Waals surface area contributed by atoms with Crippen molar-refractivity contribution in [2.75, 3.05) is 13.1 Å². The molecule has 0 aromatic heterocycles. The average molecular weight is 331 g/mol. The minimum absolute atomic E-state index is 0.349. The molecule has 1 saturated heterocycles. The Hall–Kier alpha value is -1.07. The van der Waals surface area contributed by atoms with Crippen molar-refractivity contribution in [3.8, 4) is 0 Å². The van der Waals surface area contributed by atoms with Crippen LogP contribution in [-0.4, -0.2) is 46.1 Å². The van der Waals surface area contributed by atoms with E-state index in [1.54, 1.807) is 11.8 Å². The molecule has 1 fully saturated rings. The normalized spacial score (nSPS) is 19.4. The Morgan fingerprint density at radius 2 is 1.73 bits per heavy atom. The Kier molecular flexibility index (Phi) is 6.04. The van der Waals surface area contributed by atoms with Gasteiger partial charge in [0.25, 0.3) is 0 Å². The molecule has 6 heteroatoms. The van der Waals surface area contributed by atoms with E-state index in [0.717, 1.165) is 5.71 Å². The second kappa shape index (κ2) is 7.01. The third-order valence-corrected chi connectivity index (χ3v) is 3.52. The van der Waals surface area contributed by atoms with Gasteiger partial charge in [0.15, 0.2) is 0 Å². The number of carbonyl (C=O) groups is 1. The number of carbonyl (C=O) groups excluding carboxylic acids is 1. The van der Waals surface area contributed by atoms with Crippen LogP contribution in [0.1, 0.15) is 54.4 Å². The summed E-state index contributed by atoms with van der Waals surface area (Å²) in [5.41, 5.74) is -0.288. The molecule has 0 saturated carbocycles. The van der Waals surface area contributed by atoms with Crippen molar-refractivity contribution in [3.05, 3.63) is 10.7 Å². The maximum atomic E-state index is 12.1. The highest BCUT2D eigenvalue weighted by Gasteiger charge is 2.39. The first-order chi connectivity index (χ1) is 9.94. The second-order valence-electron chi connectivity index (χ2n) is 6.94. The third-order valence-electron chi connectivity index (χ3n) is 3.34. The van der Waals surface area contributed by atoms with Gasteiger partial charge in [-0.2, -0.15) is 0 Å². The number of allylic oxidation sites excluding steroid dienone is 1. The van der Waals surface area contributed by atoms with Gasteiger partial charge in [0.1, 0.15) is 11.2 Å². The van der Waals surface area contributed by atoms with Crippen molar-refractivity contribution in [2.24, 2.45) is 4.99 Å². The predicted molar refractivity (Wildman–Crippen MR) is 89.3 cm³/mol. The second-order valence-corrected chi connectivity index (χ2v) is 7.51. The van der Waals surface area contributed by atoms with E-state index >= 15 is 0 Å². The lowest BCUT2D eigenvalue weighted by molar-refractivity contribution is -0.0139. The van der Waals surface area contributed by atoms with Gasteiger partial charge in [-0.05, 0) is 54.4 Å². The lowest BCUT2D eigenvalue weighted by Gasteiger charge is -2.39. The largest absolute Gasteiger partial charge is 0.444 e. The SMILES string of the molecule is CC(C)=N/C(=C(\C)Cl)C1(O)CCN(C(=O)OC(C)(C)C)CC1. The zero-order valence-corrected chi connectivity index (χ0v) is 15.1. The highest BCUT2D eigenvalue weighted by atomic mass is 35.5. The van der Waals surface area contributed by atoms with Crippen LogP contribution in [0.2, 0.25) is 0 Å². The molecular weight excluding hydrogens is 304 g/mol. The van der Waals surface area contributed by atoms with E-state index in [2.05, 4.69) is 4.99 Å². The molecule has 0 spiro atoms. The molecule has 1 aliphatic heterocycles. The van der Waals surface area contributed by atoms with Crippen LogP contribution in [0.4, 0.5) is 4.79 Å². The number of hydrogen-bond acceptors (Lipinski definition) is 4. The standard InChI is InChI=1S/C16H27ClN2O3/c1-11(2)18-13(12(3)17)16(21)7-9-19(10-8-16)14(20)22-15(4,5)6/h21H,7-10H2,1-6H3/b13-12+. The number of amides is 1. The van der Waals surface area contributed by atoms with Gasteiger partial charge in [-0.15, -0.1) is 0 Å². The molecule has 5 nitrogen and oxygen atoms in total. The van der Waals surface area contributed by atoms with Gasteiger partial charge in [0, 0.05) is 23.8 Å². The van der Waals surface area contributed by atoms with E-state index in [-0.39, 0.29) is 6.09 Å². The highest BCUT2D eigenvalue weighted by Crippen LogP contribution is 2.34. The van der Waals surface area contributed by atoms with E-state index in [0.29, 0.717) is 36.7 Å². The fraction of sp³-hybridized carbons (Fsp3) is 0.750. The fourth-order valence-corrected chi connectivity index (χ4v) is 2.57. The molecular formula is C16H27ClN2O3. The molecule has 22 heavy (non-hydrogen) atoms. The number of aliphatic hydroxyl groups is 1. The summed E-state index contributed by atoms with van der Waals surface area (Å²) in [6.45, 7) is 11.8. The van der Waals surface area contributed by atoms with Gasteiger partial charge in [-0.1, -0.05) is 11.6 Å². The number of piperidine rings is 1. The summed E-state index contributed by atoms with van der Waals surface area (Å²) in [5.74, 6) is 0. The number of likely N-dealkylation sites (tertiary alicyclic amines) is 1. The average Bonchev–Trinajstić information content (AvgIpc) is 2.34. The fourth-order valence-electron chi connectivity index (χ4n) is 2.35. The van der Waals surface area contributed by atoms with Gasteiger partial charge < -0.3 is 14.7 Å². The summed E-state index contributed by atoms with van der Waals surface area (Å²) in [5, 5.41) is 11.3. The van der Waals surface area contributed by atoms with Gasteiger partial charge in [-0.25, -0.2) is 4.79 Å². The van der Waals surface area contributed by atoms with E-state index in [4.69, 9.17) is 16.3 Å². The molecule has 0 aliphatic carbocycles. The molecule has 0 radical (unpaired) electrons. The summed E-state index contributed by atoms with van der Waals surface area (Å²) in [4.78, 5) is 18.1. The zero-order chi connectivity index (χ0) is 17.1. The van der Waals surface area contributed by atoms with E-state index < -0.39 is 11.2 Å². The first-order valence-corrected chi connectivity index (χ1v) is 7.91. The number of aliphatic imine (C=N–C) groups is 1. The van der Waals surface area contributed by atoms with Crippen LogP contribution in [0.5, 0.6) is 0 Å². The lowest BCUT2D eigenvalue weighted by atomic mass is 9.88. The Morgan fingerprint density at radius 3 is 2.09 bits per heavy atom. The monoisotopic (exact) mass is 330 g/mol. The summed E-state index contributed by atoms with van der Waals surface area (Å²) >= 11 is 6.10. The molecule has 0 unspecified atom stereocenters. The van der Waals surface area contributed by atoms with Crippen LogP contribution in [-0.2, 0) is 4.74 Å². The number of ether oxygens (including phenoxy) is 1. The Bertz CT molecular complexity index is 476. The maximum absolute atomic E-state index is 12.1. The molecule has 1 amide bonds. The third kappa shape index (κ3) is 5.29. The van der Waals surface area contributed by atoms with Gasteiger partial charge >= 0.3 is 6.09 Å². The number of rotatable bonds is 2. The molecule has 0 aromatic carbocycles.